The number of carbonyl (C=O) groups is 3. The maximum Gasteiger partial charge on any atom is 0.261 e. The average molecular weight is 475 g/mol. The Kier molecular flexibility index (Phi) is 8.40. The number of nitrogens with zero attached hydrogens (tertiary/aromatic N) is 1. The molecule has 1 aliphatic rings. The maximum absolute atomic E-state index is 13.1. The molecule has 3 amide bonds. The van der Waals surface area contributed by atoms with Crippen LogP contribution in [-0.2, 0) is 19.1 Å². The summed E-state index contributed by atoms with van der Waals surface area (Å²) >= 11 is 5.92. The summed E-state index contributed by atoms with van der Waals surface area (Å²) in [5.41, 5.74) is 3.80. The lowest BCUT2D eigenvalue weighted by molar-refractivity contribution is -0.131. The third-order valence-corrected chi connectivity index (χ3v) is 5.82. The average Bonchev–Trinajstić information content (AvgIpc) is 3.33. The van der Waals surface area contributed by atoms with Gasteiger partial charge in [0.1, 0.15) is 12.1 Å². The molecule has 0 spiro atoms. The quantitative estimate of drug-likeness (QED) is 0.233. The zero-order valence-electron chi connectivity index (χ0n) is 18.4. The molecule has 0 aliphatic carbocycles. The van der Waals surface area contributed by atoms with Crippen LogP contribution in [-0.4, -0.2) is 49.4 Å². The Hall–Kier alpha value is -2.98. The summed E-state index contributed by atoms with van der Waals surface area (Å²) in [5, 5.41) is 3.22. The van der Waals surface area contributed by atoms with Gasteiger partial charge in [-0.25, -0.2) is 5.84 Å². The van der Waals surface area contributed by atoms with Crippen molar-refractivity contribution < 1.29 is 23.9 Å². The fourth-order valence-corrected chi connectivity index (χ4v) is 4.00. The summed E-state index contributed by atoms with van der Waals surface area (Å²) in [6.45, 7) is 0.437. The van der Waals surface area contributed by atoms with Gasteiger partial charge in [-0.1, -0.05) is 35.9 Å². The standard InChI is InChI=1S/C23H27ClN4O5/c1-32-23(33-2)16-7-5-15(6-8-16)22(31)28-13-3-4-18(28)20(29)26-19(21(30)27-25)14-9-11-17(24)12-10-14/h5-12,18-19,23H,3-4,13,25H2,1-2H3,(H,26,29)(H,27,30)/t18-,19+/m1/s1. The number of likely N-dealkylation sites (tertiary alicyclic amines) is 1. The lowest BCUT2D eigenvalue weighted by Crippen LogP contribution is -2.50. The van der Waals surface area contributed by atoms with Gasteiger partial charge < -0.3 is 19.7 Å². The molecule has 0 radical (unpaired) electrons. The monoisotopic (exact) mass is 474 g/mol. The van der Waals surface area contributed by atoms with Crippen molar-refractivity contribution in [3.05, 3.63) is 70.2 Å². The molecule has 1 aliphatic heterocycles. The number of amides is 3. The van der Waals surface area contributed by atoms with Crippen LogP contribution in [0.3, 0.4) is 0 Å². The van der Waals surface area contributed by atoms with Gasteiger partial charge in [0, 0.05) is 36.9 Å². The van der Waals surface area contributed by atoms with E-state index in [4.69, 9.17) is 26.9 Å². The molecule has 9 nitrogen and oxygen atoms in total. The Labute approximate surface area is 197 Å². The summed E-state index contributed by atoms with van der Waals surface area (Å²) in [5.74, 6) is 4.04. The number of nitrogens with one attached hydrogen (secondary N) is 2. The number of nitrogens with two attached hydrogens (primary N) is 1. The van der Waals surface area contributed by atoms with Crippen molar-refractivity contribution in [2.75, 3.05) is 20.8 Å². The van der Waals surface area contributed by atoms with Crippen molar-refractivity contribution in [2.24, 2.45) is 5.84 Å². The van der Waals surface area contributed by atoms with Crippen molar-refractivity contribution in [1.29, 1.82) is 0 Å². The lowest BCUT2D eigenvalue weighted by Gasteiger charge is -2.26. The van der Waals surface area contributed by atoms with E-state index in [0.29, 0.717) is 35.5 Å². The first kappa shape index (κ1) is 24.7. The molecule has 0 aromatic heterocycles. The highest BCUT2D eigenvalue weighted by atomic mass is 35.5. The van der Waals surface area contributed by atoms with Crippen LogP contribution in [0, 0.1) is 0 Å². The van der Waals surface area contributed by atoms with Gasteiger partial charge in [-0.3, -0.25) is 19.8 Å². The molecule has 1 heterocycles. The zero-order chi connectivity index (χ0) is 24.0. The Bertz CT molecular complexity index is 979. The molecule has 176 valence electrons. The molecule has 2 aromatic carbocycles. The number of methoxy groups -OCH3 is 2. The summed E-state index contributed by atoms with van der Waals surface area (Å²) in [4.78, 5) is 40.1. The Morgan fingerprint density at radius 1 is 1.03 bits per heavy atom. The molecule has 0 unspecified atom stereocenters. The molecule has 1 fully saturated rings. The van der Waals surface area contributed by atoms with Gasteiger partial charge in [0.25, 0.3) is 11.8 Å². The molecule has 0 bridgehead atoms. The van der Waals surface area contributed by atoms with Gasteiger partial charge in [-0.15, -0.1) is 0 Å². The highest BCUT2D eigenvalue weighted by molar-refractivity contribution is 6.30. The van der Waals surface area contributed by atoms with Crippen LogP contribution < -0.4 is 16.6 Å². The number of rotatable bonds is 8. The van der Waals surface area contributed by atoms with E-state index < -0.39 is 30.2 Å². The molecule has 2 atom stereocenters. The van der Waals surface area contributed by atoms with E-state index in [0.717, 1.165) is 5.56 Å². The van der Waals surface area contributed by atoms with E-state index in [1.807, 2.05) is 0 Å². The van der Waals surface area contributed by atoms with Gasteiger partial charge in [-0.2, -0.15) is 0 Å². The van der Waals surface area contributed by atoms with E-state index in [9.17, 15) is 14.4 Å². The van der Waals surface area contributed by atoms with Crippen LogP contribution in [0.1, 0.15) is 46.7 Å². The first-order chi connectivity index (χ1) is 15.9. The third-order valence-electron chi connectivity index (χ3n) is 5.57. The maximum atomic E-state index is 13.1. The predicted molar refractivity (Wildman–Crippen MR) is 122 cm³/mol. The SMILES string of the molecule is COC(OC)c1ccc(C(=O)N2CCC[C@@H]2C(=O)N[C@H](C(=O)NN)c2ccc(Cl)cc2)cc1. The molecule has 10 heteroatoms. The van der Waals surface area contributed by atoms with E-state index in [1.54, 1.807) is 48.5 Å². The summed E-state index contributed by atoms with van der Waals surface area (Å²) in [6.07, 6.45) is 0.632. The van der Waals surface area contributed by atoms with Crippen LogP contribution in [0.5, 0.6) is 0 Å². The van der Waals surface area contributed by atoms with Crippen molar-refractivity contribution in [2.45, 2.75) is 31.2 Å². The van der Waals surface area contributed by atoms with E-state index >= 15 is 0 Å². The minimum absolute atomic E-state index is 0.267. The van der Waals surface area contributed by atoms with Crippen LogP contribution in [0.25, 0.3) is 0 Å². The number of ether oxygens (including phenoxy) is 2. The molecule has 3 rings (SSSR count). The van der Waals surface area contributed by atoms with Crippen molar-refractivity contribution in [3.63, 3.8) is 0 Å². The van der Waals surface area contributed by atoms with Crippen LogP contribution in [0.15, 0.2) is 48.5 Å². The minimum atomic E-state index is -1.02. The first-order valence-corrected chi connectivity index (χ1v) is 10.8. The van der Waals surface area contributed by atoms with Crippen molar-refractivity contribution >= 4 is 29.3 Å². The Morgan fingerprint density at radius 3 is 2.21 bits per heavy atom. The lowest BCUT2D eigenvalue weighted by atomic mass is 10.0. The van der Waals surface area contributed by atoms with Gasteiger partial charge in [0.05, 0.1) is 0 Å². The largest absolute Gasteiger partial charge is 0.352 e. The third kappa shape index (κ3) is 5.69. The highest BCUT2D eigenvalue weighted by Gasteiger charge is 2.36. The van der Waals surface area contributed by atoms with Gasteiger partial charge in [0.15, 0.2) is 6.29 Å². The van der Waals surface area contributed by atoms with E-state index in [1.165, 1.54) is 19.1 Å². The smallest absolute Gasteiger partial charge is 0.261 e. The van der Waals surface area contributed by atoms with E-state index in [2.05, 4.69) is 10.7 Å². The molecular formula is C23H27ClN4O5. The number of hydrazine groups is 1. The summed E-state index contributed by atoms with van der Waals surface area (Å²) in [7, 11) is 3.06. The predicted octanol–water partition coefficient (Wildman–Crippen LogP) is 2.08. The Morgan fingerprint density at radius 2 is 1.64 bits per heavy atom. The summed E-state index contributed by atoms with van der Waals surface area (Å²) < 4.78 is 10.4. The molecule has 1 saturated heterocycles. The van der Waals surface area contributed by atoms with E-state index in [-0.39, 0.29) is 5.91 Å². The second-order valence-corrected chi connectivity index (χ2v) is 8.02. The fraction of sp³-hybridized carbons (Fsp3) is 0.348. The second-order valence-electron chi connectivity index (χ2n) is 7.58. The number of halogens is 1. The van der Waals surface area contributed by atoms with Crippen LogP contribution in [0.4, 0.5) is 0 Å². The first-order valence-electron chi connectivity index (χ1n) is 10.4. The molecular weight excluding hydrogens is 448 g/mol. The number of hydrogen-bond acceptors (Lipinski definition) is 6. The van der Waals surface area contributed by atoms with Crippen molar-refractivity contribution in [3.8, 4) is 0 Å². The van der Waals surface area contributed by atoms with Crippen molar-refractivity contribution in [1.82, 2.24) is 15.6 Å². The fourth-order valence-electron chi connectivity index (χ4n) is 3.88. The highest BCUT2D eigenvalue weighted by Crippen LogP contribution is 2.24. The Balaban J connectivity index is 1.75. The minimum Gasteiger partial charge on any atom is -0.352 e. The van der Waals surface area contributed by atoms with Crippen LogP contribution in [0.2, 0.25) is 5.02 Å². The van der Waals surface area contributed by atoms with Gasteiger partial charge in [-0.05, 0) is 42.7 Å². The number of benzene rings is 2. The zero-order valence-corrected chi connectivity index (χ0v) is 19.2. The van der Waals surface area contributed by atoms with Gasteiger partial charge in [0.2, 0.25) is 5.91 Å². The number of hydrogen-bond donors (Lipinski definition) is 3. The summed E-state index contributed by atoms with van der Waals surface area (Å²) in [6, 6.07) is 11.6. The topological polar surface area (TPSA) is 123 Å². The van der Waals surface area contributed by atoms with Crippen LogP contribution >= 0.6 is 11.6 Å². The second kappa shape index (κ2) is 11.2. The molecule has 33 heavy (non-hydrogen) atoms. The molecule has 2 aromatic rings. The number of carbonyl (C=O) groups excluding carboxylic acids is 3. The molecule has 0 saturated carbocycles. The molecule has 4 N–H and O–H groups in total. The van der Waals surface area contributed by atoms with Gasteiger partial charge >= 0.3 is 0 Å². The normalized spacial score (nSPS) is 16.5.